The summed E-state index contributed by atoms with van der Waals surface area (Å²) in [5.41, 5.74) is 0. The van der Waals surface area contributed by atoms with E-state index in [2.05, 4.69) is 0 Å². The van der Waals surface area contributed by atoms with Crippen molar-refractivity contribution in [3.05, 3.63) is 0 Å². The van der Waals surface area contributed by atoms with Crippen LogP contribution < -0.4 is 0 Å². The second-order valence-corrected chi connectivity index (χ2v) is 8.42. The van der Waals surface area contributed by atoms with Gasteiger partial charge in [-0.05, 0) is 0 Å². The maximum absolute atomic E-state index is 10.2. The van der Waals surface area contributed by atoms with Gasteiger partial charge in [0.05, 0.1) is 19.8 Å². The van der Waals surface area contributed by atoms with Crippen molar-refractivity contribution in [1.82, 2.24) is 0 Å². The van der Waals surface area contributed by atoms with Crippen LogP contribution >= 0.6 is 0 Å². The predicted molar refractivity (Wildman–Crippen MR) is 101 cm³/mol. The molecule has 3 rings (SSSR count). The van der Waals surface area contributed by atoms with Gasteiger partial charge < -0.3 is 79.9 Å². The number of hydrogen-bond acceptors (Lipinski definition) is 16. The van der Waals surface area contributed by atoms with E-state index in [1.807, 2.05) is 0 Å². The normalized spacial score (nSPS) is 52.5. The van der Waals surface area contributed by atoms with E-state index in [1.165, 1.54) is 0 Å². The third-order valence-corrected chi connectivity index (χ3v) is 6.05. The number of aliphatic hydroxyl groups excluding tert-OH is 11. The zero-order valence-electron chi connectivity index (χ0n) is 17.7. The van der Waals surface area contributed by atoms with Gasteiger partial charge in [-0.25, -0.2) is 0 Å². The van der Waals surface area contributed by atoms with Crippen LogP contribution in [0.3, 0.4) is 0 Å². The first-order valence-corrected chi connectivity index (χ1v) is 10.6. The minimum atomic E-state index is -1.82. The molecular weight excluding hydrogens is 472 g/mol. The van der Waals surface area contributed by atoms with E-state index in [0.29, 0.717) is 0 Å². The molecule has 200 valence electrons. The highest BCUT2D eigenvalue weighted by Gasteiger charge is 2.48. The van der Waals surface area contributed by atoms with Crippen molar-refractivity contribution in [3.63, 3.8) is 0 Å². The highest BCUT2D eigenvalue weighted by molar-refractivity contribution is 4.92. The van der Waals surface area contributed by atoms with Gasteiger partial charge in [0.2, 0.25) is 0 Å². The molecule has 0 bridgehead atoms. The van der Waals surface area contributed by atoms with Gasteiger partial charge >= 0.3 is 0 Å². The molecule has 11 N–H and O–H groups in total. The molecule has 16 nitrogen and oxygen atoms in total. The number of rotatable bonds is 7. The Labute approximate surface area is 192 Å². The summed E-state index contributed by atoms with van der Waals surface area (Å²) >= 11 is 0. The van der Waals surface area contributed by atoms with E-state index < -0.39 is 112 Å². The van der Waals surface area contributed by atoms with E-state index in [-0.39, 0.29) is 0 Å². The van der Waals surface area contributed by atoms with Crippen LogP contribution in [0.4, 0.5) is 0 Å². The lowest BCUT2D eigenvalue weighted by Gasteiger charge is -2.43. The maximum Gasteiger partial charge on any atom is 0.186 e. The van der Waals surface area contributed by atoms with Gasteiger partial charge in [-0.2, -0.15) is 0 Å². The van der Waals surface area contributed by atoms with Crippen LogP contribution in [0.1, 0.15) is 0 Å². The molecule has 0 radical (unpaired) electrons. The minimum Gasteiger partial charge on any atom is -0.394 e. The monoisotopic (exact) mass is 504 g/mol. The van der Waals surface area contributed by atoms with E-state index in [1.54, 1.807) is 0 Å². The molecule has 0 spiro atoms. The molecule has 3 heterocycles. The van der Waals surface area contributed by atoms with Crippen LogP contribution in [0.15, 0.2) is 0 Å². The van der Waals surface area contributed by atoms with Crippen LogP contribution in [0.5, 0.6) is 0 Å². The molecule has 16 heteroatoms. The van der Waals surface area contributed by atoms with Gasteiger partial charge in [-0.15, -0.1) is 0 Å². The molecule has 0 amide bonds. The van der Waals surface area contributed by atoms with Gasteiger partial charge in [0, 0.05) is 0 Å². The standard InChI is InChI=1S/C18H32O16/c19-1-4-7(20)11(24)14(27)17(33-4)31-3-6-9(22)12(25)15(28)18(34-6)30-2-5-8(21)10(23)13(26)16(29)32-5/h4-29H,1-3H2/t4-,5-,6-,7-,8-,9-,10+,11+,12+,13+,14+,15+,16+,17+,18+/m1/s1. The predicted octanol–water partition coefficient (Wildman–Crippen LogP) is -7.57. The van der Waals surface area contributed by atoms with Crippen LogP contribution in [0.2, 0.25) is 0 Å². The van der Waals surface area contributed by atoms with Crippen molar-refractivity contribution in [3.8, 4) is 0 Å². The summed E-state index contributed by atoms with van der Waals surface area (Å²) in [6.45, 7) is -1.84. The van der Waals surface area contributed by atoms with Crippen molar-refractivity contribution < 1.29 is 79.9 Å². The van der Waals surface area contributed by atoms with Gasteiger partial charge in [0.15, 0.2) is 18.9 Å². The molecule has 0 aromatic heterocycles. The largest absolute Gasteiger partial charge is 0.394 e. The number of hydrogen-bond donors (Lipinski definition) is 11. The Kier molecular flexibility index (Phi) is 9.54. The van der Waals surface area contributed by atoms with Crippen LogP contribution in [0.25, 0.3) is 0 Å². The molecule has 0 aromatic rings. The molecular formula is C18H32O16. The van der Waals surface area contributed by atoms with E-state index in [0.717, 1.165) is 0 Å². The summed E-state index contributed by atoms with van der Waals surface area (Å²) in [5, 5.41) is 108. The first-order valence-electron chi connectivity index (χ1n) is 10.6. The lowest BCUT2D eigenvalue weighted by atomic mass is 9.98. The van der Waals surface area contributed by atoms with Crippen molar-refractivity contribution in [2.75, 3.05) is 19.8 Å². The molecule has 3 saturated heterocycles. The summed E-state index contributed by atoms with van der Waals surface area (Å²) in [5.74, 6) is 0. The summed E-state index contributed by atoms with van der Waals surface area (Å²) < 4.78 is 26.1. The molecule has 15 atom stereocenters. The van der Waals surface area contributed by atoms with Crippen molar-refractivity contribution in [1.29, 1.82) is 0 Å². The Hall–Kier alpha value is -0.640. The zero-order valence-corrected chi connectivity index (χ0v) is 17.7. The first-order chi connectivity index (χ1) is 16.0. The maximum atomic E-state index is 10.2. The fourth-order valence-electron chi connectivity index (χ4n) is 3.84. The van der Waals surface area contributed by atoms with Crippen LogP contribution in [-0.4, -0.2) is 168 Å². The second-order valence-electron chi connectivity index (χ2n) is 8.42. The van der Waals surface area contributed by atoms with Gasteiger partial charge in [0.25, 0.3) is 0 Å². The van der Waals surface area contributed by atoms with E-state index in [9.17, 15) is 56.2 Å². The first kappa shape index (κ1) is 27.9. The van der Waals surface area contributed by atoms with Gasteiger partial charge in [0.1, 0.15) is 73.2 Å². The lowest BCUT2D eigenvalue weighted by molar-refractivity contribution is -0.340. The van der Waals surface area contributed by atoms with Crippen LogP contribution in [0, 0.1) is 0 Å². The third-order valence-electron chi connectivity index (χ3n) is 6.05. The molecule has 0 saturated carbocycles. The molecule has 3 aliphatic heterocycles. The zero-order chi connectivity index (χ0) is 25.3. The quantitative estimate of drug-likeness (QED) is 0.154. The third kappa shape index (κ3) is 5.68. The van der Waals surface area contributed by atoms with Crippen molar-refractivity contribution in [2.45, 2.75) is 92.1 Å². The molecule has 0 aliphatic carbocycles. The summed E-state index contributed by atoms with van der Waals surface area (Å²) in [6.07, 6.45) is -24.4. The van der Waals surface area contributed by atoms with Crippen LogP contribution in [-0.2, 0) is 23.7 Å². The molecule has 0 unspecified atom stereocenters. The number of aliphatic hydroxyl groups is 11. The highest BCUT2D eigenvalue weighted by atomic mass is 16.7. The van der Waals surface area contributed by atoms with E-state index in [4.69, 9.17) is 23.7 Å². The topological polar surface area (TPSA) is 269 Å². The Balaban J connectivity index is 1.58. The molecule has 0 aromatic carbocycles. The van der Waals surface area contributed by atoms with E-state index >= 15 is 0 Å². The summed E-state index contributed by atoms with van der Waals surface area (Å²) in [4.78, 5) is 0. The fourth-order valence-corrected chi connectivity index (χ4v) is 3.84. The average molecular weight is 504 g/mol. The molecule has 3 fully saturated rings. The summed E-state index contributed by atoms with van der Waals surface area (Å²) in [7, 11) is 0. The van der Waals surface area contributed by atoms with Gasteiger partial charge in [-0.3, -0.25) is 0 Å². The minimum absolute atomic E-state index is 0.570. The Morgan fingerprint density at radius 1 is 0.441 bits per heavy atom. The Morgan fingerprint density at radius 2 is 0.824 bits per heavy atom. The Morgan fingerprint density at radius 3 is 1.29 bits per heavy atom. The highest BCUT2D eigenvalue weighted by Crippen LogP contribution is 2.27. The SMILES string of the molecule is OC[C@H]1O[C@H](OC[C@H]2O[C@H](OC[C@H]3O[C@H](O)[C@@H](O)[C@@H](O)[C@@H]3O)[C@@H](O)[C@@H](O)[C@@H]2O)[C@@H](O)[C@@H](O)[C@@H]1O. The second kappa shape index (κ2) is 11.6. The van der Waals surface area contributed by atoms with Gasteiger partial charge in [-0.1, -0.05) is 0 Å². The lowest BCUT2D eigenvalue weighted by Crippen LogP contribution is -2.62. The number of ether oxygens (including phenoxy) is 5. The van der Waals surface area contributed by atoms with Crippen molar-refractivity contribution >= 4 is 0 Å². The summed E-state index contributed by atoms with van der Waals surface area (Å²) in [6, 6.07) is 0. The molecule has 34 heavy (non-hydrogen) atoms. The Bertz CT molecular complexity index is 639. The average Bonchev–Trinajstić information content (AvgIpc) is 2.82. The fraction of sp³-hybridized carbons (Fsp3) is 1.00. The van der Waals surface area contributed by atoms with Crippen molar-refractivity contribution in [2.24, 2.45) is 0 Å². The smallest absolute Gasteiger partial charge is 0.186 e. The molecule has 3 aliphatic rings.